The van der Waals surface area contributed by atoms with Gasteiger partial charge in [0.25, 0.3) is 0 Å². The maximum atomic E-state index is 6.25. The largest absolute Gasteiger partial charge is 0.327 e. The molecule has 98 valence electrons. The summed E-state index contributed by atoms with van der Waals surface area (Å²) < 4.78 is 1.10. The number of nitrogens with zero attached hydrogens (tertiary/aromatic N) is 1. The summed E-state index contributed by atoms with van der Waals surface area (Å²) in [4.78, 5) is 2.50. The number of hydrogen-bond acceptors (Lipinski definition) is 2. The molecule has 2 fully saturated rings. The topological polar surface area (TPSA) is 29.3 Å². The second-order valence-electron chi connectivity index (χ2n) is 5.59. The van der Waals surface area contributed by atoms with Gasteiger partial charge >= 0.3 is 0 Å². The smallest absolute Gasteiger partial charge is 0.0451 e. The molecule has 2 N–H and O–H groups in total. The van der Waals surface area contributed by atoms with Gasteiger partial charge in [0.05, 0.1) is 0 Å². The van der Waals surface area contributed by atoms with Crippen molar-refractivity contribution in [3.05, 3.63) is 33.3 Å². The van der Waals surface area contributed by atoms with Gasteiger partial charge in [-0.1, -0.05) is 27.5 Å². The predicted octanol–water partition coefficient (Wildman–Crippen LogP) is 3.27. The lowest BCUT2D eigenvalue weighted by Gasteiger charge is -2.19. The number of likely N-dealkylation sites (tertiary alicyclic amines) is 1. The normalized spacial score (nSPS) is 31.8. The SMILES string of the molecule is NC1CCC2CN(Cc3cc(Br)ccc3Cl)CC12. The van der Waals surface area contributed by atoms with E-state index >= 15 is 0 Å². The average molecular weight is 330 g/mol. The zero-order valence-corrected chi connectivity index (χ0v) is 12.6. The summed E-state index contributed by atoms with van der Waals surface area (Å²) in [6.45, 7) is 3.26. The highest BCUT2D eigenvalue weighted by molar-refractivity contribution is 9.10. The molecular formula is C14H18BrClN2. The second kappa shape index (κ2) is 5.12. The molecule has 1 aromatic rings. The van der Waals surface area contributed by atoms with Crippen LogP contribution in [0.25, 0.3) is 0 Å². The van der Waals surface area contributed by atoms with Gasteiger partial charge in [0.2, 0.25) is 0 Å². The molecular weight excluding hydrogens is 312 g/mol. The van der Waals surface area contributed by atoms with Crippen molar-refractivity contribution in [2.45, 2.75) is 25.4 Å². The molecule has 18 heavy (non-hydrogen) atoms. The molecule has 1 aromatic carbocycles. The van der Waals surface area contributed by atoms with E-state index < -0.39 is 0 Å². The summed E-state index contributed by atoms with van der Waals surface area (Å²) in [5.41, 5.74) is 7.38. The van der Waals surface area contributed by atoms with Crippen LogP contribution in [-0.4, -0.2) is 24.0 Å². The first-order valence-corrected chi connectivity index (χ1v) is 7.72. The minimum Gasteiger partial charge on any atom is -0.327 e. The first-order chi connectivity index (χ1) is 8.63. The Morgan fingerprint density at radius 2 is 2.17 bits per heavy atom. The molecule has 0 amide bonds. The van der Waals surface area contributed by atoms with Gasteiger partial charge in [-0.2, -0.15) is 0 Å². The van der Waals surface area contributed by atoms with Crippen LogP contribution in [0.1, 0.15) is 18.4 Å². The third kappa shape index (κ3) is 2.46. The van der Waals surface area contributed by atoms with Gasteiger partial charge in [-0.3, -0.25) is 4.90 Å². The maximum Gasteiger partial charge on any atom is 0.0451 e. The van der Waals surface area contributed by atoms with E-state index in [0.717, 1.165) is 28.5 Å². The van der Waals surface area contributed by atoms with E-state index in [9.17, 15) is 0 Å². The maximum absolute atomic E-state index is 6.25. The number of benzene rings is 1. The molecule has 3 rings (SSSR count). The molecule has 3 atom stereocenters. The van der Waals surface area contributed by atoms with Crippen LogP contribution in [0.4, 0.5) is 0 Å². The standard InChI is InChI=1S/C14H18BrClN2/c15-11-2-3-13(16)10(5-11)7-18-6-9-1-4-14(17)12(9)8-18/h2-3,5,9,12,14H,1,4,6-8,17H2. The van der Waals surface area contributed by atoms with Crippen molar-refractivity contribution in [2.24, 2.45) is 17.6 Å². The highest BCUT2D eigenvalue weighted by atomic mass is 79.9. The van der Waals surface area contributed by atoms with E-state index in [1.807, 2.05) is 12.1 Å². The van der Waals surface area contributed by atoms with Crippen LogP contribution < -0.4 is 5.73 Å². The Labute approximate surface area is 122 Å². The van der Waals surface area contributed by atoms with Crippen molar-refractivity contribution >= 4 is 27.5 Å². The van der Waals surface area contributed by atoms with Crippen molar-refractivity contribution in [2.75, 3.05) is 13.1 Å². The Bertz CT molecular complexity index is 451. The first-order valence-electron chi connectivity index (χ1n) is 6.55. The molecule has 0 aromatic heterocycles. The lowest BCUT2D eigenvalue weighted by Crippen LogP contribution is -2.30. The highest BCUT2D eigenvalue weighted by Gasteiger charge is 2.40. The average Bonchev–Trinajstić information content (AvgIpc) is 2.87. The van der Waals surface area contributed by atoms with Gasteiger partial charge in [-0.05, 0) is 48.4 Å². The van der Waals surface area contributed by atoms with Crippen LogP contribution >= 0.6 is 27.5 Å². The monoisotopic (exact) mass is 328 g/mol. The molecule has 2 nitrogen and oxygen atoms in total. The van der Waals surface area contributed by atoms with E-state index in [1.54, 1.807) is 0 Å². The molecule has 4 heteroatoms. The zero-order valence-electron chi connectivity index (χ0n) is 10.3. The van der Waals surface area contributed by atoms with E-state index in [2.05, 4.69) is 26.9 Å². The van der Waals surface area contributed by atoms with Gasteiger partial charge in [0.1, 0.15) is 0 Å². The van der Waals surface area contributed by atoms with Crippen molar-refractivity contribution < 1.29 is 0 Å². The molecule has 1 heterocycles. The summed E-state index contributed by atoms with van der Waals surface area (Å²) in [6.07, 6.45) is 2.51. The molecule has 2 aliphatic rings. The summed E-state index contributed by atoms with van der Waals surface area (Å²) >= 11 is 9.76. The van der Waals surface area contributed by atoms with Crippen molar-refractivity contribution in [1.29, 1.82) is 0 Å². The van der Waals surface area contributed by atoms with Crippen molar-refractivity contribution in [3.8, 4) is 0 Å². The van der Waals surface area contributed by atoms with Gasteiger partial charge in [-0.15, -0.1) is 0 Å². The molecule has 0 spiro atoms. The van der Waals surface area contributed by atoms with Gasteiger partial charge in [-0.25, -0.2) is 0 Å². The van der Waals surface area contributed by atoms with E-state index in [-0.39, 0.29) is 0 Å². The minimum atomic E-state index is 0.415. The van der Waals surface area contributed by atoms with Crippen molar-refractivity contribution in [3.63, 3.8) is 0 Å². The molecule has 3 unspecified atom stereocenters. The summed E-state index contributed by atoms with van der Waals surface area (Å²) in [6, 6.07) is 6.48. The molecule has 1 aliphatic carbocycles. The fraction of sp³-hybridized carbons (Fsp3) is 0.571. The van der Waals surface area contributed by atoms with E-state index in [0.29, 0.717) is 12.0 Å². The first kappa shape index (κ1) is 12.9. The fourth-order valence-electron chi connectivity index (χ4n) is 3.43. The predicted molar refractivity (Wildman–Crippen MR) is 78.6 cm³/mol. The second-order valence-corrected chi connectivity index (χ2v) is 6.92. The molecule has 0 bridgehead atoms. The third-order valence-corrected chi connectivity index (χ3v) is 5.25. The number of halogens is 2. The molecule has 1 aliphatic heterocycles. The van der Waals surface area contributed by atoms with Crippen LogP contribution in [0.5, 0.6) is 0 Å². The number of nitrogens with two attached hydrogens (primary N) is 1. The molecule has 1 saturated heterocycles. The Morgan fingerprint density at radius 1 is 1.33 bits per heavy atom. The van der Waals surface area contributed by atoms with Crippen molar-refractivity contribution in [1.82, 2.24) is 4.90 Å². The lowest BCUT2D eigenvalue weighted by atomic mass is 9.98. The fourth-order valence-corrected chi connectivity index (χ4v) is 4.02. The summed E-state index contributed by atoms with van der Waals surface area (Å²) in [7, 11) is 0. The van der Waals surface area contributed by atoms with E-state index in [1.165, 1.54) is 24.9 Å². The van der Waals surface area contributed by atoms with Crippen LogP contribution in [0, 0.1) is 11.8 Å². The van der Waals surface area contributed by atoms with E-state index in [4.69, 9.17) is 17.3 Å². The van der Waals surface area contributed by atoms with Gasteiger partial charge < -0.3 is 5.73 Å². The number of fused-ring (bicyclic) bond motifs is 1. The van der Waals surface area contributed by atoms with Crippen LogP contribution in [0.2, 0.25) is 5.02 Å². The van der Waals surface area contributed by atoms with Crippen LogP contribution in [-0.2, 0) is 6.54 Å². The highest BCUT2D eigenvalue weighted by Crippen LogP contribution is 2.38. The van der Waals surface area contributed by atoms with Gasteiger partial charge in [0.15, 0.2) is 0 Å². The lowest BCUT2D eigenvalue weighted by molar-refractivity contribution is 0.298. The zero-order chi connectivity index (χ0) is 12.7. The van der Waals surface area contributed by atoms with Gasteiger partial charge in [0, 0.05) is 35.2 Å². The minimum absolute atomic E-state index is 0.415. The quantitative estimate of drug-likeness (QED) is 0.902. The Balaban J connectivity index is 1.69. The Hall–Kier alpha value is -0.0900. The Kier molecular flexibility index (Phi) is 3.68. The third-order valence-electron chi connectivity index (χ3n) is 4.39. The summed E-state index contributed by atoms with van der Waals surface area (Å²) in [5.74, 6) is 1.52. The number of rotatable bonds is 2. The molecule has 1 saturated carbocycles. The number of hydrogen-bond donors (Lipinski definition) is 1. The molecule has 0 radical (unpaired) electrons. The summed E-state index contributed by atoms with van der Waals surface area (Å²) in [5, 5.41) is 0.861. The van der Waals surface area contributed by atoms with Crippen LogP contribution in [0.15, 0.2) is 22.7 Å². The Morgan fingerprint density at radius 3 is 2.94 bits per heavy atom. The van der Waals surface area contributed by atoms with Crippen LogP contribution in [0.3, 0.4) is 0 Å².